The van der Waals surface area contributed by atoms with Gasteiger partial charge in [0.05, 0.1) is 5.92 Å². The predicted octanol–water partition coefficient (Wildman–Crippen LogP) is 3.73. The lowest BCUT2D eigenvalue weighted by Crippen LogP contribution is -2.44. The van der Waals surface area contributed by atoms with Gasteiger partial charge in [0.15, 0.2) is 0 Å². The van der Waals surface area contributed by atoms with Crippen LogP contribution in [0.1, 0.15) is 37.3 Å². The molecule has 2 amide bonds. The molecule has 1 aliphatic heterocycles. The molecule has 1 saturated carbocycles. The molecule has 2 aromatic rings. The highest BCUT2D eigenvalue weighted by Crippen LogP contribution is 2.51. The smallest absolute Gasteiger partial charge is 0.407 e. The molecule has 1 heterocycles. The first-order valence-corrected chi connectivity index (χ1v) is 12.0. The highest BCUT2D eigenvalue weighted by molar-refractivity contribution is 5.81. The summed E-state index contributed by atoms with van der Waals surface area (Å²) in [4.78, 5) is 38.4. The van der Waals surface area contributed by atoms with E-state index in [-0.39, 0.29) is 54.6 Å². The fraction of sp³-hybridized carbons (Fsp3) is 0.444. The Kier molecular flexibility index (Phi) is 5.80. The summed E-state index contributed by atoms with van der Waals surface area (Å²) in [5, 5.41) is 12.1. The van der Waals surface area contributed by atoms with Gasteiger partial charge in [-0.3, -0.25) is 9.59 Å². The Morgan fingerprint density at radius 2 is 1.56 bits per heavy atom. The SMILES string of the molecule is CC(C)[C@H](CC(=O)N1C[C@@H]2C(C(=O)O)[C@@H]2C1)NC(=O)OCC1c2ccccc2-c2ccccc21. The molecule has 0 radical (unpaired) electrons. The van der Waals surface area contributed by atoms with Crippen LogP contribution in [0.3, 0.4) is 0 Å². The first kappa shape index (κ1) is 22.4. The molecule has 0 bridgehead atoms. The maximum atomic E-state index is 12.8. The van der Waals surface area contributed by atoms with E-state index in [1.165, 1.54) is 11.1 Å². The number of nitrogens with zero attached hydrogens (tertiary/aromatic N) is 1. The lowest BCUT2D eigenvalue weighted by Gasteiger charge is -2.26. The van der Waals surface area contributed by atoms with E-state index in [9.17, 15) is 19.5 Å². The molecule has 178 valence electrons. The minimum absolute atomic E-state index is 0.0178. The van der Waals surface area contributed by atoms with Gasteiger partial charge in [0.2, 0.25) is 5.91 Å². The lowest BCUT2D eigenvalue weighted by molar-refractivity contribution is -0.141. The van der Waals surface area contributed by atoms with Gasteiger partial charge in [0.1, 0.15) is 6.61 Å². The zero-order valence-electron chi connectivity index (χ0n) is 19.4. The van der Waals surface area contributed by atoms with Gasteiger partial charge in [-0.15, -0.1) is 0 Å². The van der Waals surface area contributed by atoms with E-state index in [2.05, 4.69) is 29.6 Å². The van der Waals surface area contributed by atoms with Crippen molar-refractivity contribution >= 4 is 18.0 Å². The number of rotatable bonds is 7. The molecular formula is C27H30N2O5. The average Bonchev–Trinajstić information content (AvgIpc) is 3.17. The number of carboxylic acids is 1. The summed E-state index contributed by atoms with van der Waals surface area (Å²) in [6.45, 7) is 5.14. The number of fused-ring (bicyclic) bond motifs is 4. The Balaban J connectivity index is 1.17. The maximum Gasteiger partial charge on any atom is 0.407 e. The van der Waals surface area contributed by atoms with Gasteiger partial charge in [-0.1, -0.05) is 62.4 Å². The molecule has 2 fully saturated rings. The van der Waals surface area contributed by atoms with E-state index in [0.29, 0.717) is 13.1 Å². The van der Waals surface area contributed by atoms with Crippen molar-refractivity contribution in [2.45, 2.75) is 32.2 Å². The highest BCUT2D eigenvalue weighted by Gasteiger charge is 2.60. The van der Waals surface area contributed by atoms with Crippen LogP contribution in [-0.4, -0.2) is 53.7 Å². The number of hydrogen-bond donors (Lipinski definition) is 2. The summed E-state index contributed by atoms with van der Waals surface area (Å²) in [6, 6.07) is 16.0. The molecule has 1 unspecified atom stereocenters. The standard InChI is InChI=1S/C27H30N2O5/c1-15(2)23(11-24(30)29-12-20-21(13-29)25(20)26(31)32)28-27(33)34-14-22-18-9-5-3-7-16(18)17-8-4-6-10-19(17)22/h3-10,15,20-23,25H,11-14H2,1-2H3,(H,28,33)(H,31,32)/t20-,21+,23-,25?/m0/s1. The largest absolute Gasteiger partial charge is 0.481 e. The third kappa shape index (κ3) is 4.04. The topological polar surface area (TPSA) is 95.9 Å². The Morgan fingerprint density at radius 1 is 1.00 bits per heavy atom. The number of ether oxygens (including phenoxy) is 1. The van der Waals surface area contributed by atoms with Gasteiger partial charge in [-0.25, -0.2) is 4.79 Å². The number of alkyl carbamates (subject to hydrolysis) is 1. The number of amides is 2. The quantitative estimate of drug-likeness (QED) is 0.654. The van der Waals surface area contributed by atoms with Crippen molar-refractivity contribution in [2.75, 3.05) is 19.7 Å². The number of piperidine rings is 1. The Labute approximate surface area is 199 Å². The summed E-state index contributed by atoms with van der Waals surface area (Å²) in [5.41, 5.74) is 4.65. The van der Waals surface area contributed by atoms with E-state index >= 15 is 0 Å². The van der Waals surface area contributed by atoms with E-state index in [1.807, 2.05) is 38.1 Å². The van der Waals surface area contributed by atoms with Crippen LogP contribution in [0.4, 0.5) is 4.79 Å². The molecule has 2 aliphatic carbocycles. The molecule has 0 spiro atoms. The molecule has 2 N–H and O–H groups in total. The molecule has 1 saturated heterocycles. The first-order valence-electron chi connectivity index (χ1n) is 12.0. The van der Waals surface area contributed by atoms with Crippen molar-refractivity contribution in [1.82, 2.24) is 10.2 Å². The average molecular weight is 463 g/mol. The minimum atomic E-state index is -0.765. The van der Waals surface area contributed by atoms with Gasteiger partial charge in [0, 0.05) is 31.5 Å². The molecular weight excluding hydrogens is 432 g/mol. The summed E-state index contributed by atoms with van der Waals surface area (Å²) in [6.07, 6.45) is -0.345. The van der Waals surface area contributed by atoms with Crippen LogP contribution in [0.25, 0.3) is 11.1 Å². The van der Waals surface area contributed by atoms with Gasteiger partial charge in [-0.2, -0.15) is 0 Å². The van der Waals surface area contributed by atoms with Crippen LogP contribution in [0, 0.1) is 23.7 Å². The fourth-order valence-electron chi connectivity index (χ4n) is 5.66. The number of aliphatic carboxylic acids is 1. The van der Waals surface area contributed by atoms with Crippen LogP contribution in [-0.2, 0) is 14.3 Å². The predicted molar refractivity (Wildman–Crippen MR) is 126 cm³/mol. The van der Waals surface area contributed by atoms with Crippen LogP contribution in [0.2, 0.25) is 0 Å². The molecule has 4 atom stereocenters. The van der Waals surface area contributed by atoms with E-state index in [4.69, 9.17) is 4.74 Å². The van der Waals surface area contributed by atoms with Gasteiger partial charge in [0.25, 0.3) is 0 Å². The van der Waals surface area contributed by atoms with Gasteiger partial charge >= 0.3 is 12.1 Å². The zero-order chi connectivity index (χ0) is 24.0. The highest BCUT2D eigenvalue weighted by atomic mass is 16.5. The van der Waals surface area contributed by atoms with Crippen LogP contribution in [0.15, 0.2) is 48.5 Å². The maximum absolute atomic E-state index is 12.8. The number of hydrogen-bond acceptors (Lipinski definition) is 4. The van der Waals surface area contributed by atoms with Crippen LogP contribution < -0.4 is 5.32 Å². The first-order chi connectivity index (χ1) is 16.3. The number of benzene rings is 2. The number of carbonyl (C=O) groups excluding carboxylic acids is 2. The third-order valence-electron chi connectivity index (χ3n) is 7.68. The Hall–Kier alpha value is -3.35. The second-order valence-corrected chi connectivity index (χ2v) is 10.0. The molecule has 5 rings (SSSR count). The fourth-order valence-corrected chi connectivity index (χ4v) is 5.66. The van der Waals surface area contributed by atoms with Gasteiger partial charge in [-0.05, 0) is 40.0 Å². The third-order valence-corrected chi connectivity index (χ3v) is 7.68. The van der Waals surface area contributed by atoms with E-state index in [1.54, 1.807) is 4.90 Å². The number of nitrogens with one attached hydrogen (secondary N) is 1. The normalized spacial score (nSPS) is 23.1. The van der Waals surface area contributed by atoms with Crippen molar-refractivity contribution in [2.24, 2.45) is 23.7 Å². The number of carboxylic acid groups (broad SMARTS) is 1. The van der Waals surface area contributed by atoms with Crippen LogP contribution in [0.5, 0.6) is 0 Å². The second kappa shape index (κ2) is 8.78. The van der Waals surface area contributed by atoms with Crippen molar-refractivity contribution in [3.8, 4) is 11.1 Å². The molecule has 2 aromatic carbocycles. The summed E-state index contributed by atoms with van der Waals surface area (Å²) >= 11 is 0. The van der Waals surface area contributed by atoms with Crippen molar-refractivity contribution in [1.29, 1.82) is 0 Å². The molecule has 3 aliphatic rings. The Morgan fingerprint density at radius 3 is 2.09 bits per heavy atom. The lowest BCUT2D eigenvalue weighted by atomic mass is 9.98. The minimum Gasteiger partial charge on any atom is -0.481 e. The van der Waals surface area contributed by atoms with E-state index in [0.717, 1.165) is 11.1 Å². The molecule has 7 heteroatoms. The van der Waals surface area contributed by atoms with Crippen molar-refractivity contribution in [3.63, 3.8) is 0 Å². The van der Waals surface area contributed by atoms with E-state index < -0.39 is 12.1 Å². The monoisotopic (exact) mass is 462 g/mol. The summed E-state index contributed by atoms with van der Waals surface area (Å²) < 4.78 is 5.65. The van der Waals surface area contributed by atoms with Crippen molar-refractivity contribution in [3.05, 3.63) is 59.7 Å². The zero-order valence-corrected chi connectivity index (χ0v) is 19.4. The van der Waals surface area contributed by atoms with Crippen LogP contribution >= 0.6 is 0 Å². The molecule has 34 heavy (non-hydrogen) atoms. The summed E-state index contributed by atoms with van der Waals surface area (Å²) in [7, 11) is 0. The molecule has 7 nitrogen and oxygen atoms in total. The van der Waals surface area contributed by atoms with Crippen molar-refractivity contribution < 1.29 is 24.2 Å². The Bertz CT molecular complexity index is 1070. The number of likely N-dealkylation sites (tertiary alicyclic amines) is 1. The number of carbonyl (C=O) groups is 3. The second-order valence-electron chi connectivity index (χ2n) is 10.0. The summed E-state index contributed by atoms with van der Waals surface area (Å²) in [5.74, 6) is -0.927. The van der Waals surface area contributed by atoms with Gasteiger partial charge < -0.3 is 20.1 Å². The molecule has 0 aromatic heterocycles.